The lowest BCUT2D eigenvalue weighted by atomic mass is 9.88. The Bertz CT molecular complexity index is 1150. The van der Waals surface area contributed by atoms with E-state index in [1.54, 1.807) is 13.2 Å². The molecule has 190 valence electrons. The molecule has 36 heavy (non-hydrogen) atoms. The highest BCUT2D eigenvalue weighted by Gasteiger charge is 2.36. The fourth-order valence-electron chi connectivity index (χ4n) is 5.17. The number of methoxy groups -OCH3 is 1. The number of halogens is 1. The van der Waals surface area contributed by atoms with Crippen LogP contribution in [0.1, 0.15) is 41.3 Å². The Morgan fingerprint density at radius 3 is 2.47 bits per heavy atom. The molecule has 0 aliphatic carbocycles. The van der Waals surface area contributed by atoms with Gasteiger partial charge in [0.25, 0.3) is 5.91 Å². The molecule has 2 atom stereocenters. The number of phenols is 1. The van der Waals surface area contributed by atoms with E-state index in [1.807, 2.05) is 59.5 Å². The van der Waals surface area contributed by atoms with E-state index in [2.05, 4.69) is 18.7 Å². The minimum Gasteiger partial charge on any atom is -0.504 e. The quantitative estimate of drug-likeness (QED) is 0.427. The second-order valence-corrected chi connectivity index (χ2v) is 10.1. The van der Waals surface area contributed by atoms with Crippen LogP contribution in [-0.2, 0) is 6.54 Å². The van der Waals surface area contributed by atoms with Crippen LogP contribution in [0.3, 0.4) is 0 Å². The number of carbonyl (C=O) groups excluding carboxylic acids is 1. The molecule has 6 heteroatoms. The summed E-state index contributed by atoms with van der Waals surface area (Å²) in [6, 6.07) is 21.6. The van der Waals surface area contributed by atoms with Crippen molar-refractivity contribution in [3.05, 3.63) is 95.3 Å². The maximum atomic E-state index is 13.7. The van der Waals surface area contributed by atoms with Crippen LogP contribution in [0.15, 0.2) is 72.8 Å². The summed E-state index contributed by atoms with van der Waals surface area (Å²) in [6.45, 7) is 7.86. The van der Waals surface area contributed by atoms with Gasteiger partial charge >= 0.3 is 0 Å². The molecule has 1 aliphatic heterocycles. The smallest absolute Gasteiger partial charge is 0.253 e. The zero-order chi connectivity index (χ0) is 25.7. The first kappa shape index (κ1) is 25.7. The first-order valence-electron chi connectivity index (χ1n) is 12.5. The number of hydrogen-bond donors (Lipinski definition) is 1. The van der Waals surface area contributed by atoms with Crippen molar-refractivity contribution in [3.8, 4) is 11.5 Å². The van der Waals surface area contributed by atoms with Gasteiger partial charge in [0.05, 0.1) is 7.11 Å². The Hall–Kier alpha value is -3.38. The normalized spacial score (nSPS) is 17.9. The number of ether oxygens (including phenoxy) is 1. The molecule has 0 radical (unpaired) electrons. The Morgan fingerprint density at radius 2 is 1.81 bits per heavy atom. The van der Waals surface area contributed by atoms with Gasteiger partial charge in [-0.15, -0.1) is 0 Å². The Balaban J connectivity index is 1.58. The van der Waals surface area contributed by atoms with Crippen LogP contribution in [-0.4, -0.2) is 54.1 Å². The summed E-state index contributed by atoms with van der Waals surface area (Å²) in [5.41, 5.74) is 2.83. The van der Waals surface area contributed by atoms with Gasteiger partial charge in [0.2, 0.25) is 0 Å². The SMILES string of the molecule is COc1cc(CN2C[C@@H](CN(CC(C)C)C(=O)c3ccccc3)[C@H](c3ccc(F)cc3)C2)ccc1O. The molecule has 5 nitrogen and oxygen atoms in total. The number of benzene rings is 3. The summed E-state index contributed by atoms with van der Waals surface area (Å²) in [6.07, 6.45) is 0. The average Bonchev–Trinajstić information content (AvgIpc) is 3.27. The van der Waals surface area contributed by atoms with Crippen LogP contribution in [0.4, 0.5) is 4.39 Å². The zero-order valence-corrected chi connectivity index (χ0v) is 21.2. The first-order chi connectivity index (χ1) is 17.3. The molecule has 1 saturated heterocycles. The van der Waals surface area contributed by atoms with Crippen molar-refractivity contribution in [3.63, 3.8) is 0 Å². The molecule has 4 rings (SSSR count). The summed E-state index contributed by atoms with van der Waals surface area (Å²) in [7, 11) is 1.54. The van der Waals surface area contributed by atoms with Crippen molar-refractivity contribution in [2.24, 2.45) is 11.8 Å². The highest BCUT2D eigenvalue weighted by Crippen LogP contribution is 2.35. The van der Waals surface area contributed by atoms with E-state index in [0.29, 0.717) is 36.9 Å². The third kappa shape index (κ3) is 6.24. The number of amides is 1. The highest BCUT2D eigenvalue weighted by atomic mass is 19.1. The molecule has 1 heterocycles. The largest absolute Gasteiger partial charge is 0.504 e. The molecule has 0 bridgehead atoms. The van der Waals surface area contributed by atoms with E-state index in [9.17, 15) is 14.3 Å². The maximum Gasteiger partial charge on any atom is 0.253 e. The Labute approximate surface area is 213 Å². The third-order valence-corrected chi connectivity index (χ3v) is 6.81. The lowest BCUT2D eigenvalue weighted by Crippen LogP contribution is -2.39. The number of nitrogens with zero attached hydrogens (tertiary/aromatic N) is 2. The number of carbonyl (C=O) groups is 1. The standard InChI is InChI=1S/C30H35FN2O3/c1-21(2)16-33(30(35)24-7-5-4-6-8-24)19-25-18-32(17-22-9-14-28(34)29(15-22)36-3)20-27(25)23-10-12-26(31)13-11-23/h4-15,21,25,27,34H,16-20H2,1-3H3/t25-,27-/m0/s1. The van der Waals surface area contributed by atoms with E-state index in [4.69, 9.17) is 4.74 Å². The minimum atomic E-state index is -0.248. The van der Waals surface area contributed by atoms with Gasteiger partial charge in [0.15, 0.2) is 11.5 Å². The van der Waals surface area contributed by atoms with Gasteiger partial charge in [-0.25, -0.2) is 4.39 Å². The maximum absolute atomic E-state index is 13.7. The number of rotatable bonds is 9. The van der Waals surface area contributed by atoms with Crippen molar-refractivity contribution in [2.75, 3.05) is 33.3 Å². The molecular weight excluding hydrogens is 455 g/mol. The summed E-state index contributed by atoms with van der Waals surface area (Å²) in [5, 5.41) is 9.96. The van der Waals surface area contributed by atoms with Crippen LogP contribution in [0, 0.1) is 17.7 Å². The van der Waals surface area contributed by atoms with Gasteiger partial charge in [0, 0.05) is 44.2 Å². The predicted octanol–water partition coefficient (Wildman–Crippen LogP) is 5.55. The van der Waals surface area contributed by atoms with Crippen LogP contribution < -0.4 is 4.74 Å². The van der Waals surface area contributed by atoms with Crippen molar-refractivity contribution in [1.82, 2.24) is 9.80 Å². The molecule has 0 aromatic heterocycles. The van der Waals surface area contributed by atoms with E-state index in [1.165, 1.54) is 12.1 Å². The summed E-state index contributed by atoms with van der Waals surface area (Å²) in [5.74, 6) is 1.07. The van der Waals surface area contributed by atoms with Crippen LogP contribution in [0.25, 0.3) is 0 Å². The van der Waals surface area contributed by atoms with E-state index in [-0.39, 0.29) is 29.3 Å². The van der Waals surface area contributed by atoms with Gasteiger partial charge in [-0.2, -0.15) is 0 Å². The molecule has 3 aromatic rings. The molecule has 0 saturated carbocycles. The number of phenolic OH excluding ortho intramolecular Hbond substituents is 1. The molecule has 0 unspecified atom stereocenters. The topological polar surface area (TPSA) is 53.0 Å². The van der Waals surface area contributed by atoms with E-state index in [0.717, 1.165) is 24.2 Å². The lowest BCUT2D eigenvalue weighted by molar-refractivity contribution is 0.0703. The number of aromatic hydroxyl groups is 1. The summed E-state index contributed by atoms with van der Waals surface area (Å²) < 4.78 is 19.0. The molecule has 1 fully saturated rings. The molecule has 1 amide bonds. The Morgan fingerprint density at radius 1 is 1.08 bits per heavy atom. The lowest BCUT2D eigenvalue weighted by Gasteiger charge is -2.30. The van der Waals surface area contributed by atoms with Crippen molar-refractivity contribution < 1.29 is 19.0 Å². The van der Waals surface area contributed by atoms with E-state index < -0.39 is 0 Å². The minimum absolute atomic E-state index is 0.0453. The average molecular weight is 491 g/mol. The van der Waals surface area contributed by atoms with Gasteiger partial charge < -0.3 is 14.7 Å². The second-order valence-electron chi connectivity index (χ2n) is 10.1. The van der Waals surface area contributed by atoms with Crippen molar-refractivity contribution in [2.45, 2.75) is 26.3 Å². The van der Waals surface area contributed by atoms with Gasteiger partial charge in [0.1, 0.15) is 5.82 Å². The summed E-state index contributed by atoms with van der Waals surface area (Å²) in [4.78, 5) is 17.8. The van der Waals surface area contributed by atoms with Crippen LogP contribution >= 0.6 is 0 Å². The predicted molar refractivity (Wildman–Crippen MR) is 140 cm³/mol. The van der Waals surface area contributed by atoms with Crippen molar-refractivity contribution in [1.29, 1.82) is 0 Å². The van der Waals surface area contributed by atoms with Crippen molar-refractivity contribution >= 4 is 5.91 Å². The zero-order valence-electron chi connectivity index (χ0n) is 21.2. The molecule has 3 aromatic carbocycles. The first-order valence-corrected chi connectivity index (χ1v) is 12.5. The van der Waals surface area contributed by atoms with Gasteiger partial charge in [-0.1, -0.05) is 50.2 Å². The molecular formula is C30H35FN2O3. The molecule has 0 spiro atoms. The monoisotopic (exact) mass is 490 g/mol. The third-order valence-electron chi connectivity index (χ3n) is 6.81. The molecule has 1 aliphatic rings. The number of likely N-dealkylation sites (tertiary alicyclic amines) is 1. The van der Waals surface area contributed by atoms with Crippen LogP contribution in [0.2, 0.25) is 0 Å². The fraction of sp³-hybridized carbons (Fsp3) is 0.367. The van der Waals surface area contributed by atoms with E-state index >= 15 is 0 Å². The highest BCUT2D eigenvalue weighted by molar-refractivity contribution is 5.94. The van der Waals surface area contributed by atoms with Gasteiger partial charge in [-0.05, 0) is 59.4 Å². The molecule has 1 N–H and O–H groups in total. The number of hydrogen-bond acceptors (Lipinski definition) is 4. The fourth-order valence-corrected chi connectivity index (χ4v) is 5.17. The summed E-state index contributed by atoms with van der Waals surface area (Å²) >= 11 is 0. The van der Waals surface area contributed by atoms with Gasteiger partial charge in [-0.3, -0.25) is 9.69 Å². The second kappa shape index (κ2) is 11.6. The Kier molecular flexibility index (Phi) is 8.26. The van der Waals surface area contributed by atoms with Crippen LogP contribution in [0.5, 0.6) is 11.5 Å².